The van der Waals surface area contributed by atoms with Crippen molar-refractivity contribution in [3.8, 4) is 11.4 Å². The maximum Gasteiger partial charge on any atom is 0.115 e. The fourth-order valence-corrected chi connectivity index (χ4v) is 2.31. The predicted octanol–water partition coefficient (Wildman–Crippen LogP) is 2.64. The van der Waals surface area contributed by atoms with Crippen LogP contribution in [0.4, 0.5) is 5.69 Å². The van der Waals surface area contributed by atoms with Gasteiger partial charge in [0, 0.05) is 12.0 Å². The number of nitrogens with zero attached hydrogens (tertiary/aromatic N) is 2. The van der Waals surface area contributed by atoms with Crippen molar-refractivity contribution in [2.24, 2.45) is 5.73 Å². The fourth-order valence-electron chi connectivity index (χ4n) is 2.31. The monoisotopic (exact) mass is 288 g/mol. The highest BCUT2D eigenvalue weighted by atomic mass is 16.3. The average Bonchev–Trinajstić information content (AvgIpc) is 2.84. The maximum atomic E-state index is 9.43. The molecule has 0 spiro atoms. The highest BCUT2D eigenvalue weighted by Crippen LogP contribution is 2.31. The lowest BCUT2D eigenvalue weighted by molar-refractivity contribution is 0.475. The average molecular weight is 288 g/mol. The van der Waals surface area contributed by atoms with Gasteiger partial charge in [0.1, 0.15) is 5.75 Å². The number of nitrogens with one attached hydrogen (secondary N) is 1. The van der Waals surface area contributed by atoms with E-state index in [1.807, 2.05) is 23.0 Å². The van der Waals surface area contributed by atoms with E-state index in [2.05, 4.69) is 31.2 Å². The predicted molar refractivity (Wildman–Crippen MR) is 86.1 cm³/mol. The van der Waals surface area contributed by atoms with Crippen molar-refractivity contribution in [3.05, 3.63) is 36.2 Å². The quantitative estimate of drug-likeness (QED) is 0.739. The molecule has 5 nitrogen and oxygen atoms in total. The first-order valence-corrected chi connectivity index (χ1v) is 7.25. The van der Waals surface area contributed by atoms with Crippen LogP contribution < -0.4 is 11.1 Å². The normalized spacial score (nSPS) is 11.6. The van der Waals surface area contributed by atoms with Crippen LogP contribution in [0.3, 0.4) is 0 Å². The molecule has 0 aliphatic carbocycles. The minimum absolute atomic E-state index is 0.0561. The fraction of sp³-hybridized carbons (Fsp3) is 0.438. The van der Waals surface area contributed by atoms with Gasteiger partial charge in [0.25, 0.3) is 0 Å². The van der Waals surface area contributed by atoms with Gasteiger partial charge in [-0.2, -0.15) is 5.10 Å². The lowest BCUT2D eigenvalue weighted by Crippen LogP contribution is -2.20. The third-order valence-corrected chi connectivity index (χ3v) is 3.27. The first-order chi connectivity index (χ1) is 9.93. The van der Waals surface area contributed by atoms with Crippen LogP contribution in [0.1, 0.15) is 32.9 Å². The SMILES string of the molecule is CC(C)(C)c1c(NCCCN)cnn1-c1ccc(O)cc1. The number of benzene rings is 1. The van der Waals surface area contributed by atoms with Crippen LogP contribution in [0.5, 0.6) is 5.75 Å². The van der Waals surface area contributed by atoms with Crippen molar-refractivity contribution >= 4 is 5.69 Å². The van der Waals surface area contributed by atoms with Crippen LogP contribution in [-0.2, 0) is 5.41 Å². The molecule has 2 aromatic rings. The van der Waals surface area contributed by atoms with Crippen LogP contribution in [0.15, 0.2) is 30.5 Å². The van der Waals surface area contributed by atoms with E-state index in [1.54, 1.807) is 12.1 Å². The number of anilines is 1. The molecular weight excluding hydrogens is 264 g/mol. The molecule has 114 valence electrons. The molecule has 0 amide bonds. The molecule has 5 heteroatoms. The molecule has 0 unspecified atom stereocenters. The summed E-state index contributed by atoms with van der Waals surface area (Å²) in [6.07, 6.45) is 2.78. The summed E-state index contributed by atoms with van der Waals surface area (Å²) in [5, 5.41) is 17.3. The van der Waals surface area contributed by atoms with Gasteiger partial charge in [-0.1, -0.05) is 20.8 Å². The van der Waals surface area contributed by atoms with Gasteiger partial charge in [0.05, 0.1) is 23.3 Å². The summed E-state index contributed by atoms with van der Waals surface area (Å²) < 4.78 is 1.92. The highest BCUT2D eigenvalue weighted by Gasteiger charge is 2.24. The first kappa shape index (κ1) is 15.4. The zero-order valence-corrected chi connectivity index (χ0v) is 12.9. The number of rotatable bonds is 5. The summed E-state index contributed by atoms with van der Waals surface area (Å²) in [4.78, 5) is 0. The molecule has 1 aromatic carbocycles. The molecular formula is C16H24N4O. The number of aromatic nitrogens is 2. The molecule has 1 heterocycles. The maximum absolute atomic E-state index is 9.43. The summed E-state index contributed by atoms with van der Waals surface area (Å²) in [7, 11) is 0. The van der Waals surface area contributed by atoms with Crippen molar-refractivity contribution in [2.75, 3.05) is 18.4 Å². The second-order valence-corrected chi connectivity index (χ2v) is 6.15. The van der Waals surface area contributed by atoms with Gasteiger partial charge in [0.2, 0.25) is 0 Å². The summed E-state index contributed by atoms with van der Waals surface area (Å²) in [5.41, 5.74) is 8.57. The summed E-state index contributed by atoms with van der Waals surface area (Å²) >= 11 is 0. The van der Waals surface area contributed by atoms with E-state index in [9.17, 15) is 5.11 Å². The Morgan fingerprint density at radius 3 is 2.48 bits per heavy atom. The standard InChI is InChI=1S/C16H24N4O/c1-16(2,3)15-14(18-10-4-9-17)11-19-20(15)12-5-7-13(21)8-6-12/h5-8,11,18,21H,4,9-10,17H2,1-3H3. The first-order valence-electron chi connectivity index (χ1n) is 7.25. The van der Waals surface area contributed by atoms with Crippen molar-refractivity contribution in [2.45, 2.75) is 32.6 Å². The van der Waals surface area contributed by atoms with Crippen LogP contribution in [0.25, 0.3) is 5.69 Å². The van der Waals surface area contributed by atoms with E-state index in [0.29, 0.717) is 6.54 Å². The van der Waals surface area contributed by atoms with Crippen LogP contribution in [0.2, 0.25) is 0 Å². The Labute approximate surface area is 125 Å². The summed E-state index contributed by atoms with van der Waals surface area (Å²) in [6, 6.07) is 7.07. The van der Waals surface area contributed by atoms with Crippen molar-refractivity contribution in [3.63, 3.8) is 0 Å². The number of phenolic OH excluding ortho intramolecular Hbond substituents is 1. The van der Waals surface area contributed by atoms with Gasteiger partial charge in [-0.15, -0.1) is 0 Å². The molecule has 0 bridgehead atoms. The molecule has 0 aliphatic rings. The highest BCUT2D eigenvalue weighted by molar-refractivity contribution is 5.53. The molecule has 1 aromatic heterocycles. The molecule has 21 heavy (non-hydrogen) atoms. The van der Waals surface area contributed by atoms with Crippen molar-refractivity contribution < 1.29 is 5.11 Å². The number of hydrogen-bond acceptors (Lipinski definition) is 4. The lowest BCUT2D eigenvalue weighted by atomic mass is 9.91. The Kier molecular flexibility index (Phi) is 4.53. The largest absolute Gasteiger partial charge is 0.508 e. The molecule has 0 fully saturated rings. The third-order valence-electron chi connectivity index (χ3n) is 3.27. The van der Waals surface area contributed by atoms with Gasteiger partial charge in [-0.3, -0.25) is 0 Å². The number of nitrogens with two attached hydrogens (primary N) is 1. The molecule has 0 atom stereocenters. The lowest BCUT2D eigenvalue weighted by Gasteiger charge is -2.23. The molecule has 0 aliphatic heterocycles. The van der Waals surface area contributed by atoms with Gasteiger partial charge in [-0.05, 0) is 37.2 Å². The van der Waals surface area contributed by atoms with Crippen molar-refractivity contribution in [1.29, 1.82) is 0 Å². The van der Waals surface area contributed by atoms with E-state index in [1.165, 1.54) is 0 Å². The second-order valence-electron chi connectivity index (χ2n) is 6.15. The molecule has 0 saturated carbocycles. The Morgan fingerprint density at radius 1 is 1.24 bits per heavy atom. The Bertz CT molecular complexity index is 581. The minimum atomic E-state index is -0.0561. The van der Waals surface area contributed by atoms with Crippen LogP contribution in [0, 0.1) is 0 Å². The molecule has 4 N–H and O–H groups in total. The van der Waals surface area contributed by atoms with Gasteiger partial charge >= 0.3 is 0 Å². The van der Waals surface area contributed by atoms with Gasteiger partial charge in [0.15, 0.2) is 0 Å². The van der Waals surface area contributed by atoms with Crippen LogP contribution >= 0.6 is 0 Å². The Hall–Kier alpha value is -2.01. The number of aromatic hydroxyl groups is 1. The molecule has 0 radical (unpaired) electrons. The summed E-state index contributed by atoms with van der Waals surface area (Å²) in [5.74, 6) is 0.254. The zero-order valence-electron chi connectivity index (χ0n) is 12.9. The van der Waals surface area contributed by atoms with E-state index < -0.39 is 0 Å². The second kappa shape index (κ2) is 6.18. The molecule has 2 rings (SSSR count). The van der Waals surface area contributed by atoms with Gasteiger partial charge in [-0.25, -0.2) is 4.68 Å². The van der Waals surface area contributed by atoms with E-state index in [4.69, 9.17) is 5.73 Å². The zero-order chi connectivity index (χ0) is 15.5. The topological polar surface area (TPSA) is 76.1 Å². The number of hydrogen-bond donors (Lipinski definition) is 3. The van der Waals surface area contributed by atoms with Crippen LogP contribution in [-0.4, -0.2) is 28.0 Å². The Balaban J connectivity index is 2.39. The van der Waals surface area contributed by atoms with E-state index in [0.717, 1.165) is 30.0 Å². The third kappa shape index (κ3) is 3.55. The minimum Gasteiger partial charge on any atom is -0.508 e. The van der Waals surface area contributed by atoms with Gasteiger partial charge < -0.3 is 16.2 Å². The van der Waals surface area contributed by atoms with Crippen molar-refractivity contribution in [1.82, 2.24) is 9.78 Å². The molecule has 0 saturated heterocycles. The van der Waals surface area contributed by atoms with E-state index in [-0.39, 0.29) is 11.2 Å². The number of phenols is 1. The summed E-state index contributed by atoms with van der Waals surface area (Å²) in [6.45, 7) is 7.99. The Morgan fingerprint density at radius 2 is 1.90 bits per heavy atom. The van der Waals surface area contributed by atoms with E-state index >= 15 is 0 Å². The smallest absolute Gasteiger partial charge is 0.115 e.